The quantitative estimate of drug-likeness (QED) is 0.259. The lowest BCUT2D eigenvalue weighted by atomic mass is 10.1. The van der Waals surface area contributed by atoms with Gasteiger partial charge in [-0.1, -0.05) is 83.3 Å². The number of unbranched alkanes of at least 4 members (excludes halogenated alkanes) is 10. The third kappa shape index (κ3) is 9.16. The monoisotopic (exact) mass is 401 g/mol. The number of benzene rings is 1. The zero-order chi connectivity index (χ0) is 20.7. The van der Waals surface area contributed by atoms with E-state index in [1.165, 1.54) is 90.1 Å². The van der Waals surface area contributed by atoms with E-state index in [1.807, 2.05) is 22.9 Å². The number of nitrogens with zero attached hydrogens (tertiary/aromatic N) is 4. The van der Waals surface area contributed by atoms with Crippen LogP contribution in [0.4, 0.5) is 5.69 Å². The third-order valence-corrected chi connectivity index (χ3v) is 5.82. The fourth-order valence-electron chi connectivity index (χ4n) is 3.96. The second kappa shape index (κ2) is 14.4. The number of nitrogens with two attached hydrogens (primary N) is 1. The molecule has 5 heteroatoms. The predicted molar refractivity (Wildman–Crippen MR) is 125 cm³/mol. The number of aromatic nitrogens is 3. The van der Waals surface area contributed by atoms with Crippen molar-refractivity contribution in [1.29, 1.82) is 0 Å². The lowest BCUT2D eigenvalue weighted by Gasteiger charge is -2.22. The molecule has 1 aromatic heterocycles. The summed E-state index contributed by atoms with van der Waals surface area (Å²) < 4.78 is 2.03. The van der Waals surface area contributed by atoms with Crippen LogP contribution in [-0.4, -0.2) is 39.5 Å². The van der Waals surface area contributed by atoms with Gasteiger partial charge in [0.05, 0.1) is 12.1 Å². The summed E-state index contributed by atoms with van der Waals surface area (Å²) in [6.07, 6.45) is 16.3. The largest absolute Gasteiger partial charge is 0.399 e. The molecule has 0 aliphatic rings. The molecule has 0 fully saturated rings. The molecule has 0 radical (unpaired) electrons. The van der Waals surface area contributed by atoms with Crippen molar-refractivity contribution in [3.05, 3.63) is 18.2 Å². The number of rotatable bonds is 17. The smallest absolute Gasteiger partial charge is 0.115 e. The Kier molecular flexibility index (Phi) is 11.7. The number of nitrogen functional groups attached to an aromatic ring is 1. The highest BCUT2D eigenvalue weighted by atomic mass is 15.4. The summed E-state index contributed by atoms with van der Waals surface area (Å²) >= 11 is 0. The van der Waals surface area contributed by atoms with Crippen LogP contribution in [0.3, 0.4) is 0 Å². The van der Waals surface area contributed by atoms with E-state index >= 15 is 0 Å². The van der Waals surface area contributed by atoms with Crippen molar-refractivity contribution >= 4 is 16.7 Å². The lowest BCUT2D eigenvalue weighted by molar-refractivity contribution is 0.247. The SMILES string of the molecule is CCCCCCCCN(CCCCCCCC)CCn1nnc2cc(N)ccc21. The first-order valence-corrected chi connectivity index (χ1v) is 12.1. The van der Waals surface area contributed by atoms with Gasteiger partial charge in [-0.25, -0.2) is 4.68 Å². The van der Waals surface area contributed by atoms with Crippen molar-refractivity contribution in [2.45, 2.75) is 97.4 Å². The molecule has 0 atom stereocenters. The van der Waals surface area contributed by atoms with Gasteiger partial charge in [-0.2, -0.15) is 0 Å². The average Bonchev–Trinajstić information content (AvgIpc) is 3.12. The van der Waals surface area contributed by atoms with E-state index in [1.54, 1.807) is 0 Å². The van der Waals surface area contributed by atoms with Gasteiger partial charge >= 0.3 is 0 Å². The Balaban J connectivity index is 1.79. The van der Waals surface area contributed by atoms with Crippen LogP contribution in [0, 0.1) is 0 Å². The minimum atomic E-state index is 0.748. The summed E-state index contributed by atoms with van der Waals surface area (Å²) in [6.45, 7) is 8.93. The Hall–Kier alpha value is -1.62. The normalized spacial score (nSPS) is 11.7. The van der Waals surface area contributed by atoms with Crippen LogP contribution in [0.25, 0.3) is 11.0 Å². The Bertz CT molecular complexity index is 650. The molecule has 0 aliphatic carbocycles. The topological polar surface area (TPSA) is 60.0 Å². The van der Waals surface area contributed by atoms with Crippen molar-refractivity contribution in [2.24, 2.45) is 0 Å². The number of hydrogen-bond donors (Lipinski definition) is 1. The van der Waals surface area contributed by atoms with Crippen LogP contribution in [-0.2, 0) is 6.54 Å². The fraction of sp³-hybridized carbons (Fsp3) is 0.750. The van der Waals surface area contributed by atoms with Crippen molar-refractivity contribution in [2.75, 3.05) is 25.4 Å². The maximum absolute atomic E-state index is 5.87. The molecular formula is C24H43N5. The van der Waals surface area contributed by atoms with Gasteiger partial charge in [0.1, 0.15) is 5.52 Å². The van der Waals surface area contributed by atoms with E-state index in [0.29, 0.717) is 0 Å². The molecule has 5 nitrogen and oxygen atoms in total. The van der Waals surface area contributed by atoms with E-state index in [-0.39, 0.29) is 0 Å². The highest BCUT2D eigenvalue weighted by molar-refractivity contribution is 5.77. The maximum atomic E-state index is 5.87. The number of anilines is 1. The Labute approximate surface area is 178 Å². The highest BCUT2D eigenvalue weighted by Gasteiger charge is 2.09. The van der Waals surface area contributed by atoms with Gasteiger partial charge in [0.25, 0.3) is 0 Å². The Morgan fingerprint density at radius 2 is 1.38 bits per heavy atom. The van der Waals surface area contributed by atoms with Gasteiger partial charge in [0, 0.05) is 12.2 Å². The van der Waals surface area contributed by atoms with Gasteiger partial charge < -0.3 is 10.6 Å². The van der Waals surface area contributed by atoms with Gasteiger partial charge in [-0.15, -0.1) is 5.10 Å². The van der Waals surface area contributed by atoms with Crippen LogP contribution in [0.15, 0.2) is 18.2 Å². The standard InChI is InChI=1S/C24H43N5/c1-3-5-7-9-11-13-17-28(18-14-12-10-8-6-4-2)19-20-29-24-16-15-22(25)21-23(24)26-27-29/h15-16,21H,3-14,17-20,25H2,1-2H3. The van der Waals surface area contributed by atoms with Crippen molar-refractivity contribution in [3.8, 4) is 0 Å². The summed E-state index contributed by atoms with van der Waals surface area (Å²) in [7, 11) is 0. The molecule has 1 heterocycles. The molecular weight excluding hydrogens is 358 g/mol. The third-order valence-electron chi connectivity index (χ3n) is 5.82. The highest BCUT2D eigenvalue weighted by Crippen LogP contribution is 2.15. The fourth-order valence-corrected chi connectivity index (χ4v) is 3.96. The predicted octanol–water partition coefficient (Wildman–Crippen LogP) is 6.04. The number of fused-ring (bicyclic) bond motifs is 1. The molecule has 164 valence electrons. The molecule has 2 rings (SSSR count). The second-order valence-corrected chi connectivity index (χ2v) is 8.44. The first-order chi connectivity index (χ1) is 14.2. The Morgan fingerprint density at radius 3 is 2.00 bits per heavy atom. The molecule has 2 aromatic rings. The minimum absolute atomic E-state index is 0.748. The van der Waals surface area contributed by atoms with Crippen LogP contribution >= 0.6 is 0 Å². The van der Waals surface area contributed by atoms with Crippen LogP contribution in [0.5, 0.6) is 0 Å². The first-order valence-electron chi connectivity index (χ1n) is 12.1. The molecule has 1 aromatic carbocycles. The minimum Gasteiger partial charge on any atom is -0.399 e. The molecule has 0 bridgehead atoms. The average molecular weight is 402 g/mol. The van der Waals surface area contributed by atoms with Gasteiger partial charge in [-0.05, 0) is 44.1 Å². The van der Waals surface area contributed by atoms with E-state index in [9.17, 15) is 0 Å². The maximum Gasteiger partial charge on any atom is 0.115 e. The van der Waals surface area contributed by atoms with Crippen molar-refractivity contribution in [3.63, 3.8) is 0 Å². The zero-order valence-corrected chi connectivity index (χ0v) is 18.9. The molecule has 0 spiro atoms. The molecule has 0 amide bonds. The van der Waals surface area contributed by atoms with Crippen LogP contribution in [0.2, 0.25) is 0 Å². The van der Waals surface area contributed by atoms with E-state index in [2.05, 4.69) is 29.1 Å². The van der Waals surface area contributed by atoms with Crippen molar-refractivity contribution < 1.29 is 0 Å². The van der Waals surface area contributed by atoms with E-state index in [0.717, 1.165) is 29.8 Å². The number of hydrogen-bond acceptors (Lipinski definition) is 4. The second-order valence-electron chi connectivity index (χ2n) is 8.44. The summed E-state index contributed by atoms with van der Waals surface area (Å²) in [4.78, 5) is 2.64. The van der Waals surface area contributed by atoms with Crippen molar-refractivity contribution in [1.82, 2.24) is 19.9 Å². The molecule has 0 saturated carbocycles. The zero-order valence-electron chi connectivity index (χ0n) is 18.9. The van der Waals surface area contributed by atoms with Crippen LogP contribution in [0.1, 0.15) is 90.9 Å². The first kappa shape index (κ1) is 23.7. The molecule has 0 aliphatic heterocycles. The van der Waals surface area contributed by atoms with Gasteiger partial charge in [-0.3, -0.25) is 0 Å². The lowest BCUT2D eigenvalue weighted by Crippen LogP contribution is -2.30. The summed E-state index contributed by atoms with van der Waals surface area (Å²) in [5, 5.41) is 8.63. The Morgan fingerprint density at radius 1 is 0.793 bits per heavy atom. The molecule has 0 saturated heterocycles. The summed E-state index contributed by atoms with van der Waals surface area (Å²) in [5.41, 5.74) is 8.59. The molecule has 0 unspecified atom stereocenters. The van der Waals surface area contributed by atoms with Gasteiger partial charge in [0.2, 0.25) is 0 Å². The van der Waals surface area contributed by atoms with E-state index in [4.69, 9.17) is 5.73 Å². The molecule has 29 heavy (non-hydrogen) atoms. The molecule has 2 N–H and O–H groups in total. The van der Waals surface area contributed by atoms with Crippen LogP contribution < -0.4 is 5.73 Å². The summed E-state index contributed by atoms with van der Waals surface area (Å²) in [6, 6.07) is 5.88. The van der Waals surface area contributed by atoms with Gasteiger partial charge in [0.15, 0.2) is 0 Å². The summed E-state index contributed by atoms with van der Waals surface area (Å²) in [5.74, 6) is 0. The van der Waals surface area contributed by atoms with E-state index < -0.39 is 0 Å².